The van der Waals surface area contributed by atoms with Gasteiger partial charge in [0.15, 0.2) is 15.6 Å². The second-order valence-electron chi connectivity index (χ2n) is 8.42. The second-order valence-corrected chi connectivity index (χ2v) is 10.6. The molecule has 1 atom stereocenters. The van der Waals surface area contributed by atoms with Gasteiger partial charge in [-0.3, -0.25) is 14.5 Å². The van der Waals surface area contributed by atoms with Gasteiger partial charge in [0.25, 0.3) is 0 Å². The van der Waals surface area contributed by atoms with E-state index >= 15 is 0 Å². The predicted molar refractivity (Wildman–Crippen MR) is 108 cm³/mol. The monoisotopic (exact) mass is 409 g/mol. The third-order valence-electron chi connectivity index (χ3n) is 6.10. The number of nitrogens with zero attached hydrogens (tertiary/aromatic N) is 3. The molecule has 7 nitrogen and oxygen atoms in total. The number of hydrogen-bond acceptors (Lipinski definition) is 5. The summed E-state index contributed by atoms with van der Waals surface area (Å²) in [6.07, 6.45) is 2.17. The third-order valence-corrected chi connectivity index (χ3v) is 7.85. The number of amides is 1. The molecule has 2 aliphatic heterocycles. The van der Waals surface area contributed by atoms with E-state index in [4.69, 9.17) is 0 Å². The first-order valence-corrected chi connectivity index (χ1v) is 11.8. The van der Waals surface area contributed by atoms with E-state index in [-0.39, 0.29) is 35.2 Å². The van der Waals surface area contributed by atoms with Crippen molar-refractivity contribution in [3.05, 3.63) is 23.0 Å². The SMILES string of the molecule is Cc1cc(C(=O)CN2CCC(C(=O)N(C)C)CC2)c(C)n1C1CCS(=O)(=O)C1. The van der Waals surface area contributed by atoms with Gasteiger partial charge in [-0.05, 0) is 52.3 Å². The van der Waals surface area contributed by atoms with Crippen molar-refractivity contribution >= 4 is 21.5 Å². The fourth-order valence-corrected chi connectivity index (χ4v) is 6.29. The first-order chi connectivity index (χ1) is 13.1. The molecule has 1 aromatic rings. The Balaban J connectivity index is 1.65. The van der Waals surface area contributed by atoms with Gasteiger partial charge >= 0.3 is 0 Å². The molecule has 1 unspecified atom stereocenters. The van der Waals surface area contributed by atoms with Gasteiger partial charge in [0.1, 0.15) is 0 Å². The molecule has 156 valence electrons. The second kappa shape index (κ2) is 7.99. The van der Waals surface area contributed by atoms with Crippen LogP contribution in [0.15, 0.2) is 6.07 Å². The Hall–Kier alpha value is -1.67. The zero-order valence-corrected chi connectivity index (χ0v) is 18.1. The fourth-order valence-electron chi connectivity index (χ4n) is 4.59. The first kappa shape index (κ1) is 21.0. The highest BCUT2D eigenvalue weighted by Crippen LogP contribution is 2.29. The Bertz CT molecular complexity index is 864. The normalized spacial score (nSPS) is 23.1. The van der Waals surface area contributed by atoms with Crippen LogP contribution in [0.2, 0.25) is 0 Å². The summed E-state index contributed by atoms with van der Waals surface area (Å²) in [7, 11) is 0.588. The standard InChI is InChI=1S/C20H31N3O4S/c1-14-11-18(15(2)23(14)17-7-10-28(26,27)13-17)19(24)12-22-8-5-16(6-9-22)20(25)21(3)4/h11,16-17H,5-10,12-13H2,1-4H3. The Morgan fingerprint density at radius 3 is 2.32 bits per heavy atom. The smallest absolute Gasteiger partial charge is 0.225 e. The van der Waals surface area contributed by atoms with Crippen LogP contribution in [-0.4, -0.2) is 79.7 Å². The van der Waals surface area contributed by atoms with Gasteiger partial charge in [-0.2, -0.15) is 0 Å². The van der Waals surface area contributed by atoms with Crippen LogP contribution in [0.25, 0.3) is 0 Å². The Kier molecular flexibility index (Phi) is 6.00. The molecule has 3 heterocycles. The van der Waals surface area contributed by atoms with Crippen molar-refractivity contribution in [1.82, 2.24) is 14.4 Å². The lowest BCUT2D eigenvalue weighted by atomic mass is 9.95. The molecule has 3 rings (SSSR count). The molecule has 2 saturated heterocycles. The molecule has 28 heavy (non-hydrogen) atoms. The summed E-state index contributed by atoms with van der Waals surface area (Å²) < 4.78 is 25.7. The first-order valence-electron chi connectivity index (χ1n) is 9.94. The van der Waals surface area contributed by atoms with Crippen LogP contribution in [0, 0.1) is 19.8 Å². The molecular weight excluding hydrogens is 378 g/mol. The number of carbonyl (C=O) groups excluding carboxylic acids is 2. The molecule has 0 aliphatic carbocycles. The van der Waals surface area contributed by atoms with Crippen LogP contribution >= 0.6 is 0 Å². The molecule has 2 fully saturated rings. The van der Waals surface area contributed by atoms with E-state index in [0.29, 0.717) is 18.5 Å². The highest BCUT2D eigenvalue weighted by molar-refractivity contribution is 7.91. The van der Waals surface area contributed by atoms with E-state index in [2.05, 4.69) is 4.90 Å². The third kappa shape index (κ3) is 4.33. The number of rotatable bonds is 5. The largest absolute Gasteiger partial charge is 0.349 e. The van der Waals surface area contributed by atoms with E-state index < -0.39 is 9.84 Å². The van der Waals surface area contributed by atoms with Crippen LogP contribution in [0.1, 0.15) is 47.1 Å². The Morgan fingerprint density at radius 2 is 1.79 bits per heavy atom. The van der Waals surface area contributed by atoms with Crippen molar-refractivity contribution < 1.29 is 18.0 Å². The molecule has 0 saturated carbocycles. The molecule has 0 spiro atoms. The molecule has 1 amide bonds. The minimum atomic E-state index is -2.97. The minimum Gasteiger partial charge on any atom is -0.349 e. The van der Waals surface area contributed by atoms with E-state index in [9.17, 15) is 18.0 Å². The highest BCUT2D eigenvalue weighted by atomic mass is 32.2. The van der Waals surface area contributed by atoms with E-state index in [1.807, 2.05) is 24.5 Å². The molecule has 0 aromatic carbocycles. The summed E-state index contributed by atoms with van der Waals surface area (Å²) in [5.41, 5.74) is 2.49. The molecule has 0 bridgehead atoms. The van der Waals surface area contributed by atoms with Gasteiger partial charge in [-0.15, -0.1) is 0 Å². The zero-order valence-electron chi connectivity index (χ0n) is 17.3. The number of aromatic nitrogens is 1. The summed E-state index contributed by atoms with van der Waals surface area (Å²) in [5.74, 6) is 0.664. The van der Waals surface area contributed by atoms with Crippen molar-refractivity contribution in [1.29, 1.82) is 0 Å². The van der Waals surface area contributed by atoms with Crippen molar-refractivity contribution in [3.63, 3.8) is 0 Å². The summed E-state index contributed by atoms with van der Waals surface area (Å²) in [4.78, 5) is 28.8. The maximum Gasteiger partial charge on any atom is 0.225 e. The van der Waals surface area contributed by atoms with Crippen molar-refractivity contribution in [3.8, 4) is 0 Å². The van der Waals surface area contributed by atoms with Crippen LogP contribution in [0.5, 0.6) is 0 Å². The Labute approximate surface area is 167 Å². The van der Waals surface area contributed by atoms with Crippen LogP contribution in [0.4, 0.5) is 0 Å². The van der Waals surface area contributed by atoms with Crippen LogP contribution < -0.4 is 0 Å². The molecule has 8 heteroatoms. The van der Waals surface area contributed by atoms with Gasteiger partial charge in [-0.25, -0.2) is 8.42 Å². The fraction of sp³-hybridized carbons (Fsp3) is 0.700. The summed E-state index contributed by atoms with van der Waals surface area (Å²) >= 11 is 0. The number of aryl methyl sites for hydroxylation is 1. The average Bonchev–Trinajstić information content (AvgIpc) is 3.13. The van der Waals surface area contributed by atoms with Gasteiger partial charge < -0.3 is 9.47 Å². The number of carbonyl (C=O) groups is 2. The average molecular weight is 410 g/mol. The number of hydrogen-bond donors (Lipinski definition) is 0. The van der Waals surface area contributed by atoms with Crippen molar-refractivity contribution in [2.75, 3.05) is 45.2 Å². The number of sulfone groups is 1. The molecular formula is C20H31N3O4S. The van der Waals surface area contributed by atoms with Gasteiger partial charge in [0.05, 0.1) is 18.1 Å². The van der Waals surface area contributed by atoms with E-state index in [0.717, 1.165) is 37.3 Å². The minimum absolute atomic E-state index is 0.0516. The van der Waals surface area contributed by atoms with Crippen molar-refractivity contribution in [2.45, 2.75) is 39.2 Å². The molecule has 1 aromatic heterocycles. The van der Waals surface area contributed by atoms with E-state index in [1.54, 1.807) is 19.0 Å². The highest BCUT2D eigenvalue weighted by Gasteiger charge is 2.32. The summed E-state index contributed by atoms with van der Waals surface area (Å²) in [6, 6.07) is 1.82. The van der Waals surface area contributed by atoms with Gasteiger partial charge in [0, 0.05) is 43.0 Å². The van der Waals surface area contributed by atoms with Crippen molar-refractivity contribution in [2.24, 2.45) is 5.92 Å². The lowest BCUT2D eigenvalue weighted by Crippen LogP contribution is -2.42. The zero-order chi connectivity index (χ0) is 20.6. The lowest BCUT2D eigenvalue weighted by Gasteiger charge is -2.31. The Morgan fingerprint density at radius 1 is 1.14 bits per heavy atom. The maximum absolute atomic E-state index is 12.9. The quantitative estimate of drug-likeness (QED) is 0.688. The van der Waals surface area contributed by atoms with Gasteiger partial charge in [-0.1, -0.05) is 0 Å². The number of ketones is 1. The lowest BCUT2D eigenvalue weighted by molar-refractivity contribution is -0.134. The number of likely N-dealkylation sites (tertiary alicyclic amines) is 1. The van der Waals surface area contributed by atoms with Crippen LogP contribution in [-0.2, 0) is 14.6 Å². The number of Topliss-reactive ketones (excluding diaryl/α,β-unsaturated/α-hetero) is 1. The molecule has 0 radical (unpaired) electrons. The van der Waals surface area contributed by atoms with Gasteiger partial charge in [0.2, 0.25) is 5.91 Å². The van der Waals surface area contributed by atoms with E-state index in [1.165, 1.54) is 0 Å². The molecule has 2 aliphatic rings. The van der Waals surface area contributed by atoms with Crippen LogP contribution in [0.3, 0.4) is 0 Å². The topological polar surface area (TPSA) is 79.7 Å². The summed E-state index contributed by atoms with van der Waals surface area (Å²) in [5, 5.41) is 0. The molecule has 0 N–H and O–H groups in total. The number of piperidine rings is 1. The summed E-state index contributed by atoms with van der Waals surface area (Å²) in [6.45, 7) is 5.68. The maximum atomic E-state index is 12.9. The predicted octanol–water partition coefficient (Wildman–Crippen LogP) is 1.45.